The summed E-state index contributed by atoms with van der Waals surface area (Å²) in [6.07, 6.45) is 7.77. The van der Waals surface area contributed by atoms with E-state index in [1.807, 2.05) is 6.08 Å². The summed E-state index contributed by atoms with van der Waals surface area (Å²) in [6.45, 7) is 8.30. The minimum absolute atomic E-state index is 0.116. The lowest BCUT2D eigenvalue weighted by atomic mass is 9.86. The van der Waals surface area contributed by atoms with Crippen molar-refractivity contribution < 1.29 is 14.0 Å². The van der Waals surface area contributed by atoms with E-state index in [4.69, 9.17) is 5.10 Å². The van der Waals surface area contributed by atoms with Crippen molar-refractivity contribution in [1.82, 2.24) is 10.3 Å². The number of fused-ring (bicyclic) bond motifs is 1. The minimum Gasteiger partial charge on any atom is -0.351 e. The molecule has 0 radical (unpaired) electrons. The number of carbonyl (C=O) groups excluding carboxylic acids is 2. The maximum absolute atomic E-state index is 13.7. The number of piperazine rings is 1. The number of hydrogen-bond acceptors (Lipinski definition) is 4. The lowest BCUT2D eigenvalue weighted by Crippen LogP contribution is -2.69. The van der Waals surface area contributed by atoms with Gasteiger partial charge in [-0.1, -0.05) is 40.0 Å². The average Bonchev–Trinajstić information content (AvgIpc) is 2.74. The van der Waals surface area contributed by atoms with Crippen molar-refractivity contribution >= 4 is 23.2 Å². The molecule has 1 saturated carbocycles. The SMILES string of the molecule is CC(C)(C)C1=NN2CC(C)(C(=O)NC3CCCCC3)N(c3ccc(F)cc3)C(=O)C2=CC1. The van der Waals surface area contributed by atoms with Gasteiger partial charge in [-0.25, -0.2) is 4.39 Å². The molecule has 1 aromatic carbocycles. The maximum Gasteiger partial charge on any atom is 0.277 e. The number of amides is 2. The summed E-state index contributed by atoms with van der Waals surface area (Å²) < 4.78 is 13.6. The van der Waals surface area contributed by atoms with Gasteiger partial charge in [-0.2, -0.15) is 5.10 Å². The van der Waals surface area contributed by atoms with Gasteiger partial charge in [0.2, 0.25) is 5.91 Å². The molecule has 7 heteroatoms. The topological polar surface area (TPSA) is 65.0 Å². The lowest BCUT2D eigenvalue weighted by Gasteiger charge is -2.49. The van der Waals surface area contributed by atoms with Crippen LogP contribution >= 0.6 is 0 Å². The maximum atomic E-state index is 13.7. The minimum atomic E-state index is -1.19. The molecule has 4 rings (SSSR count). The summed E-state index contributed by atoms with van der Waals surface area (Å²) in [5.41, 5.74) is 0.612. The molecule has 2 fully saturated rings. The third-order valence-electron chi connectivity index (χ3n) is 6.76. The van der Waals surface area contributed by atoms with Gasteiger partial charge in [0.05, 0.1) is 6.54 Å². The van der Waals surface area contributed by atoms with E-state index in [0.29, 0.717) is 17.8 Å². The van der Waals surface area contributed by atoms with Gasteiger partial charge in [0.25, 0.3) is 5.91 Å². The van der Waals surface area contributed by atoms with Crippen molar-refractivity contribution in [3.05, 3.63) is 41.9 Å². The number of allylic oxidation sites excluding steroid dienone is 1. The highest BCUT2D eigenvalue weighted by atomic mass is 19.1. The van der Waals surface area contributed by atoms with E-state index in [-0.39, 0.29) is 35.6 Å². The molecule has 1 aliphatic carbocycles. The molecule has 1 atom stereocenters. The van der Waals surface area contributed by atoms with Gasteiger partial charge in [0.1, 0.15) is 17.1 Å². The smallest absolute Gasteiger partial charge is 0.277 e. The largest absolute Gasteiger partial charge is 0.351 e. The molecule has 2 aliphatic heterocycles. The van der Waals surface area contributed by atoms with Crippen LogP contribution in [0.4, 0.5) is 10.1 Å². The molecule has 0 spiro atoms. The Labute approximate surface area is 189 Å². The van der Waals surface area contributed by atoms with E-state index in [1.165, 1.54) is 23.5 Å². The van der Waals surface area contributed by atoms with Crippen molar-refractivity contribution in [2.75, 3.05) is 11.4 Å². The van der Waals surface area contributed by atoms with Crippen molar-refractivity contribution in [3.8, 4) is 0 Å². The van der Waals surface area contributed by atoms with Crippen molar-refractivity contribution in [2.45, 2.75) is 77.8 Å². The van der Waals surface area contributed by atoms with E-state index in [0.717, 1.165) is 31.4 Å². The zero-order chi connectivity index (χ0) is 23.1. The van der Waals surface area contributed by atoms with Gasteiger partial charge < -0.3 is 5.32 Å². The normalized spacial score (nSPS) is 24.6. The van der Waals surface area contributed by atoms with Crippen molar-refractivity contribution in [1.29, 1.82) is 0 Å². The second kappa shape index (κ2) is 8.34. The first-order valence-corrected chi connectivity index (χ1v) is 11.6. The highest BCUT2D eigenvalue weighted by molar-refractivity contribution is 6.13. The Morgan fingerprint density at radius 3 is 2.44 bits per heavy atom. The molecule has 6 nitrogen and oxygen atoms in total. The summed E-state index contributed by atoms with van der Waals surface area (Å²) in [4.78, 5) is 28.9. The first-order chi connectivity index (χ1) is 15.1. The van der Waals surface area contributed by atoms with Gasteiger partial charge in [-0.15, -0.1) is 0 Å². The standard InChI is InChI=1S/C25H33FN4O2/c1-24(2,3)21-15-14-20-22(31)30(19-12-10-17(26)11-13-19)25(4,16-29(20)28-21)23(32)27-18-8-6-5-7-9-18/h10-14,18H,5-9,15-16H2,1-4H3,(H,27,32). The molecule has 1 N–H and O–H groups in total. The second-order valence-corrected chi connectivity index (χ2v) is 10.3. The predicted octanol–water partition coefficient (Wildman–Crippen LogP) is 4.37. The fourth-order valence-electron chi connectivity index (χ4n) is 4.77. The molecule has 3 aliphatic rings. The van der Waals surface area contributed by atoms with Crippen molar-refractivity contribution in [2.24, 2.45) is 10.5 Å². The third-order valence-corrected chi connectivity index (χ3v) is 6.76. The van der Waals surface area contributed by atoms with Crippen LogP contribution in [-0.2, 0) is 9.59 Å². The monoisotopic (exact) mass is 440 g/mol. The zero-order valence-electron chi connectivity index (χ0n) is 19.4. The van der Waals surface area contributed by atoms with Crippen LogP contribution in [0.15, 0.2) is 41.1 Å². The summed E-state index contributed by atoms with van der Waals surface area (Å²) in [6, 6.07) is 5.87. The first-order valence-electron chi connectivity index (χ1n) is 11.6. The van der Waals surface area contributed by atoms with E-state index in [2.05, 4.69) is 26.1 Å². The highest BCUT2D eigenvalue weighted by Gasteiger charge is 2.51. The Balaban J connectivity index is 1.72. The van der Waals surface area contributed by atoms with Gasteiger partial charge in [-0.3, -0.25) is 19.5 Å². The van der Waals surface area contributed by atoms with Crippen LogP contribution in [0.1, 0.15) is 66.2 Å². The van der Waals surface area contributed by atoms with Gasteiger partial charge >= 0.3 is 0 Å². The molecule has 32 heavy (non-hydrogen) atoms. The summed E-state index contributed by atoms with van der Waals surface area (Å²) in [5, 5.41) is 9.67. The van der Waals surface area contributed by atoms with Gasteiger partial charge in [0, 0.05) is 29.3 Å². The van der Waals surface area contributed by atoms with Crippen LogP contribution in [0.5, 0.6) is 0 Å². The molecule has 1 unspecified atom stereocenters. The molecule has 2 amide bonds. The summed E-state index contributed by atoms with van der Waals surface area (Å²) >= 11 is 0. The number of hydrazone groups is 1. The van der Waals surface area contributed by atoms with E-state index >= 15 is 0 Å². The first kappa shape index (κ1) is 22.5. The molecule has 1 saturated heterocycles. The van der Waals surface area contributed by atoms with Crippen molar-refractivity contribution in [3.63, 3.8) is 0 Å². The molecule has 1 aromatic rings. The number of rotatable bonds is 3. The number of halogens is 1. The number of nitrogens with one attached hydrogen (secondary N) is 1. The molecule has 0 bridgehead atoms. The van der Waals surface area contributed by atoms with Crippen LogP contribution in [0.3, 0.4) is 0 Å². The Hall–Kier alpha value is -2.70. The van der Waals surface area contributed by atoms with E-state index in [9.17, 15) is 14.0 Å². The number of carbonyl (C=O) groups is 2. The summed E-state index contributed by atoms with van der Waals surface area (Å²) in [5.74, 6) is -0.871. The lowest BCUT2D eigenvalue weighted by molar-refractivity contribution is -0.133. The second-order valence-electron chi connectivity index (χ2n) is 10.3. The van der Waals surface area contributed by atoms with E-state index in [1.54, 1.807) is 24.1 Å². The number of nitrogens with zero attached hydrogens (tertiary/aromatic N) is 3. The van der Waals surface area contributed by atoms with Gasteiger partial charge in [0.15, 0.2) is 0 Å². The summed E-state index contributed by atoms with van der Waals surface area (Å²) in [7, 11) is 0. The number of hydrogen-bond donors (Lipinski definition) is 1. The predicted molar refractivity (Wildman–Crippen MR) is 124 cm³/mol. The van der Waals surface area contributed by atoms with Crippen LogP contribution in [0.25, 0.3) is 0 Å². The van der Waals surface area contributed by atoms with Crippen LogP contribution in [0, 0.1) is 11.2 Å². The van der Waals surface area contributed by atoms with E-state index < -0.39 is 5.54 Å². The fraction of sp³-hybridized carbons (Fsp3) is 0.560. The average molecular weight is 441 g/mol. The number of anilines is 1. The van der Waals surface area contributed by atoms with Crippen LogP contribution in [0.2, 0.25) is 0 Å². The molecule has 2 heterocycles. The highest BCUT2D eigenvalue weighted by Crippen LogP contribution is 2.37. The molecule has 172 valence electrons. The molecular weight excluding hydrogens is 407 g/mol. The Morgan fingerprint density at radius 1 is 1.16 bits per heavy atom. The Kier molecular flexibility index (Phi) is 5.86. The Bertz CT molecular complexity index is 957. The van der Waals surface area contributed by atoms with Gasteiger partial charge in [-0.05, 0) is 50.1 Å². The zero-order valence-corrected chi connectivity index (χ0v) is 19.4. The molecule has 0 aromatic heterocycles. The van der Waals surface area contributed by atoms with Crippen LogP contribution < -0.4 is 10.2 Å². The third kappa shape index (κ3) is 4.17. The fourth-order valence-corrected chi connectivity index (χ4v) is 4.77. The quantitative estimate of drug-likeness (QED) is 0.759. The van der Waals surface area contributed by atoms with Crippen LogP contribution in [-0.4, -0.2) is 40.7 Å². The Morgan fingerprint density at radius 2 is 1.81 bits per heavy atom. The molecular formula is C25H33FN4O2. The number of benzene rings is 1.